The number of methoxy groups -OCH3 is 1. The number of nitrogens with two attached hydrogens (primary N) is 1. The van der Waals surface area contributed by atoms with E-state index in [-0.39, 0.29) is 0 Å². The van der Waals surface area contributed by atoms with Crippen LogP contribution in [0.3, 0.4) is 0 Å². The second-order valence-electron chi connectivity index (χ2n) is 5.05. The van der Waals surface area contributed by atoms with Crippen LogP contribution in [0.5, 0.6) is 5.75 Å². The van der Waals surface area contributed by atoms with E-state index in [9.17, 15) is 0 Å². The highest BCUT2D eigenvalue weighted by molar-refractivity contribution is 5.64. The largest absolute Gasteiger partial charge is 0.495 e. The van der Waals surface area contributed by atoms with Gasteiger partial charge in [-0.25, -0.2) is 0 Å². The Morgan fingerprint density at radius 3 is 2.39 bits per heavy atom. The van der Waals surface area contributed by atoms with Gasteiger partial charge in [-0.2, -0.15) is 0 Å². The zero-order chi connectivity index (χ0) is 13.1. The molecule has 0 unspecified atom stereocenters. The highest BCUT2D eigenvalue weighted by Crippen LogP contribution is 2.31. The minimum atomic E-state index is 0.625. The van der Waals surface area contributed by atoms with Gasteiger partial charge in [0.05, 0.1) is 12.8 Å². The minimum Gasteiger partial charge on any atom is -0.495 e. The molecule has 2 rings (SSSR count). The normalized spacial score (nSPS) is 17.2. The number of hydrogen-bond donors (Lipinski definition) is 1. The fourth-order valence-electron chi connectivity index (χ4n) is 2.43. The third-order valence-corrected chi connectivity index (χ3v) is 3.59. The van der Waals surface area contributed by atoms with Gasteiger partial charge < -0.3 is 15.4 Å². The minimum absolute atomic E-state index is 0.625. The maximum atomic E-state index is 5.79. The molecule has 1 aliphatic rings. The van der Waals surface area contributed by atoms with Crippen LogP contribution >= 0.6 is 0 Å². The summed E-state index contributed by atoms with van der Waals surface area (Å²) in [5, 5.41) is 0. The van der Waals surface area contributed by atoms with Crippen LogP contribution in [0.15, 0.2) is 18.2 Å². The molecule has 1 fully saturated rings. The van der Waals surface area contributed by atoms with Crippen LogP contribution < -0.4 is 15.4 Å². The molecule has 4 heteroatoms. The van der Waals surface area contributed by atoms with Gasteiger partial charge in [-0.3, -0.25) is 4.90 Å². The maximum absolute atomic E-state index is 5.79. The average molecular weight is 249 g/mol. The Labute approximate surface area is 109 Å². The highest BCUT2D eigenvalue weighted by atomic mass is 16.5. The SMILES string of the molecule is COc1cc(N)ccc1N1CCN(C(C)C)CC1. The van der Waals surface area contributed by atoms with Crippen molar-refractivity contribution in [2.24, 2.45) is 0 Å². The monoisotopic (exact) mass is 249 g/mol. The van der Waals surface area contributed by atoms with Crippen molar-refractivity contribution in [3.05, 3.63) is 18.2 Å². The van der Waals surface area contributed by atoms with Gasteiger partial charge in [0.1, 0.15) is 5.75 Å². The van der Waals surface area contributed by atoms with E-state index in [0.29, 0.717) is 6.04 Å². The molecule has 0 radical (unpaired) electrons. The Bertz CT molecular complexity index is 398. The van der Waals surface area contributed by atoms with Gasteiger partial charge in [0.2, 0.25) is 0 Å². The predicted octanol–water partition coefficient (Wildman–Crippen LogP) is 1.81. The van der Waals surface area contributed by atoms with Crippen molar-refractivity contribution in [3.8, 4) is 5.75 Å². The number of ether oxygens (including phenoxy) is 1. The molecule has 1 aliphatic heterocycles. The Morgan fingerprint density at radius 1 is 1.17 bits per heavy atom. The summed E-state index contributed by atoms with van der Waals surface area (Å²) in [5.74, 6) is 0.869. The van der Waals surface area contributed by atoms with Gasteiger partial charge in [0, 0.05) is 44.0 Å². The van der Waals surface area contributed by atoms with Crippen molar-refractivity contribution >= 4 is 11.4 Å². The lowest BCUT2D eigenvalue weighted by atomic mass is 10.2. The standard InChI is InChI=1S/C14H23N3O/c1-11(2)16-6-8-17(9-7-16)13-5-4-12(15)10-14(13)18-3/h4-5,10-11H,6-9,15H2,1-3H3. The summed E-state index contributed by atoms with van der Waals surface area (Å²) >= 11 is 0. The lowest BCUT2D eigenvalue weighted by Gasteiger charge is -2.38. The smallest absolute Gasteiger partial charge is 0.144 e. The van der Waals surface area contributed by atoms with Crippen molar-refractivity contribution in [2.75, 3.05) is 43.9 Å². The fourth-order valence-corrected chi connectivity index (χ4v) is 2.43. The van der Waals surface area contributed by atoms with E-state index in [1.54, 1.807) is 7.11 Å². The number of nitrogens with zero attached hydrogens (tertiary/aromatic N) is 2. The van der Waals surface area contributed by atoms with Crippen LogP contribution in [0.2, 0.25) is 0 Å². The first-order valence-corrected chi connectivity index (χ1v) is 6.54. The summed E-state index contributed by atoms with van der Waals surface area (Å²) in [7, 11) is 1.70. The molecule has 0 saturated carbocycles. The summed E-state index contributed by atoms with van der Waals surface area (Å²) in [5.41, 5.74) is 7.68. The summed E-state index contributed by atoms with van der Waals surface area (Å²) in [6.07, 6.45) is 0. The van der Waals surface area contributed by atoms with E-state index in [4.69, 9.17) is 10.5 Å². The fraction of sp³-hybridized carbons (Fsp3) is 0.571. The van der Waals surface area contributed by atoms with E-state index >= 15 is 0 Å². The number of rotatable bonds is 3. The molecule has 1 aromatic carbocycles. The first-order chi connectivity index (χ1) is 8.61. The van der Waals surface area contributed by atoms with E-state index in [2.05, 4.69) is 29.7 Å². The van der Waals surface area contributed by atoms with Gasteiger partial charge in [-0.05, 0) is 26.0 Å². The van der Waals surface area contributed by atoms with Gasteiger partial charge >= 0.3 is 0 Å². The molecule has 4 nitrogen and oxygen atoms in total. The molecule has 1 heterocycles. The van der Waals surface area contributed by atoms with E-state index < -0.39 is 0 Å². The zero-order valence-electron chi connectivity index (χ0n) is 11.5. The molecule has 2 N–H and O–H groups in total. The van der Waals surface area contributed by atoms with E-state index in [1.807, 2.05) is 12.1 Å². The third kappa shape index (κ3) is 2.70. The van der Waals surface area contributed by atoms with Crippen molar-refractivity contribution in [1.82, 2.24) is 4.90 Å². The number of hydrogen-bond acceptors (Lipinski definition) is 4. The Morgan fingerprint density at radius 2 is 1.83 bits per heavy atom. The summed E-state index contributed by atoms with van der Waals surface area (Å²) in [6.45, 7) is 8.78. The van der Waals surface area contributed by atoms with Crippen molar-refractivity contribution in [3.63, 3.8) is 0 Å². The van der Waals surface area contributed by atoms with Crippen LogP contribution in [0.4, 0.5) is 11.4 Å². The predicted molar refractivity (Wildman–Crippen MR) is 76.3 cm³/mol. The molecule has 0 bridgehead atoms. The van der Waals surface area contributed by atoms with E-state index in [0.717, 1.165) is 43.3 Å². The maximum Gasteiger partial charge on any atom is 0.144 e. The molecule has 0 aromatic heterocycles. The number of benzene rings is 1. The van der Waals surface area contributed by atoms with E-state index in [1.165, 1.54) is 0 Å². The second kappa shape index (κ2) is 5.48. The van der Waals surface area contributed by atoms with Crippen molar-refractivity contribution in [2.45, 2.75) is 19.9 Å². The van der Waals surface area contributed by atoms with Gasteiger partial charge in [0.15, 0.2) is 0 Å². The van der Waals surface area contributed by atoms with Crippen LogP contribution in [-0.2, 0) is 0 Å². The number of piperazine rings is 1. The van der Waals surface area contributed by atoms with Crippen molar-refractivity contribution in [1.29, 1.82) is 0 Å². The number of anilines is 2. The Kier molecular flexibility index (Phi) is 3.97. The topological polar surface area (TPSA) is 41.7 Å². The summed E-state index contributed by atoms with van der Waals surface area (Å²) < 4.78 is 5.42. The Balaban J connectivity index is 2.09. The molecule has 0 amide bonds. The molecule has 0 aliphatic carbocycles. The average Bonchev–Trinajstić information content (AvgIpc) is 2.38. The van der Waals surface area contributed by atoms with Crippen LogP contribution in [0.25, 0.3) is 0 Å². The second-order valence-corrected chi connectivity index (χ2v) is 5.05. The molecule has 1 aromatic rings. The van der Waals surface area contributed by atoms with Gasteiger partial charge in [-0.1, -0.05) is 0 Å². The van der Waals surface area contributed by atoms with Gasteiger partial charge in [-0.15, -0.1) is 0 Å². The zero-order valence-corrected chi connectivity index (χ0v) is 11.5. The van der Waals surface area contributed by atoms with Crippen LogP contribution in [0.1, 0.15) is 13.8 Å². The van der Waals surface area contributed by atoms with Crippen LogP contribution in [-0.4, -0.2) is 44.2 Å². The number of nitrogen functional groups attached to an aromatic ring is 1. The lowest BCUT2D eigenvalue weighted by molar-refractivity contribution is 0.209. The highest BCUT2D eigenvalue weighted by Gasteiger charge is 2.20. The van der Waals surface area contributed by atoms with Crippen molar-refractivity contribution < 1.29 is 4.74 Å². The molecule has 0 atom stereocenters. The molecular weight excluding hydrogens is 226 g/mol. The Hall–Kier alpha value is -1.42. The summed E-state index contributed by atoms with van der Waals surface area (Å²) in [6, 6.07) is 6.51. The molecule has 0 spiro atoms. The quantitative estimate of drug-likeness (QED) is 0.830. The third-order valence-electron chi connectivity index (χ3n) is 3.59. The molecule has 18 heavy (non-hydrogen) atoms. The summed E-state index contributed by atoms with van der Waals surface area (Å²) in [4.78, 5) is 4.87. The van der Waals surface area contributed by atoms with Gasteiger partial charge in [0.25, 0.3) is 0 Å². The first-order valence-electron chi connectivity index (χ1n) is 6.54. The molecular formula is C14H23N3O. The van der Waals surface area contributed by atoms with Crippen LogP contribution in [0, 0.1) is 0 Å². The lowest BCUT2D eigenvalue weighted by Crippen LogP contribution is -2.49. The molecule has 100 valence electrons. The first kappa shape index (κ1) is 13.0. The molecule has 1 saturated heterocycles.